The fraction of sp³-hybridized carbons (Fsp3) is 0. The fourth-order valence-electron chi connectivity index (χ4n) is 2.92. The van der Waals surface area contributed by atoms with Crippen molar-refractivity contribution in [1.82, 2.24) is 0 Å². The van der Waals surface area contributed by atoms with E-state index < -0.39 is 0 Å². The highest BCUT2D eigenvalue weighted by Crippen LogP contribution is 2.38. The van der Waals surface area contributed by atoms with E-state index in [2.05, 4.69) is 60.7 Å². The molecule has 0 fully saturated rings. The number of benzene rings is 4. The van der Waals surface area contributed by atoms with Crippen LogP contribution in [0.5, 0.6) is 0 Å². The zero-order valence-electron chi connectivity index (χ0n) is 11.4. The van der Waals surface area contributed by atoms with Crippen molar-refractivity contribution in [1.29, 1.82) is 0 Å². The van der Waals surface area contributed by atoms with Gasteiger partial charge >= 0.3 is 0 Å². The quantitative estimate of drug-likeness (QED) is 0.360. The molecule has 4 aromatic carbocycles. The van der Waals surface area contributed by atoms with Crippen molar-refractivity contribution < 1.29 is 0 Å². The van der Waals surface area contributed by atoms with E-state index in [9.17, 15) is 0 Å². The maximum atomic E-state index is 6.73. The Bertz CT molecular complexity index is 940. The van der Waals surface area contributed by atoms with Gasteiger partial charge in [0, 0.05) is 10.8 Å². The molecule has 4 rings (SSSR count). The minimum absolute atomic E-state index is 0.836. The summed E-state index contributed by atoms with van der Waals surface area (Å²) in [5, 5.41) is 5.43. The Kier molecular flexibility index (Phi) is 2.90. The van der Waals surface area contributed by atoms with Crippen molar-refractivity contribution in [3.63, 3.8) is 0 Å². The van der Waals surface area contributed by atoms with Crippen molar-refractivity contribution in [2.45, 2.75) is 0 Å². The van der Waals surface area contributed by atoms with Crippen molar-refractivity contribution >= 4 is 33.1 Å². The summed E-state index contributed by atoms with van der Waals surface area (Å²) in [5.41, 5.74) is 2.38. The highest BCUT2D eigenvalue weighted by Gasteiger charge is 2.10. The van der Waals surface area contributed by atoms with Gasteiger partial charge in [-0.15, -0.1) is 0 Å². The van der Waals surface area contributed by atoms with E-state index >= 15 is 0 Å². The molecule has 0 radical (unpaired) electrons. The van der Waals surface area contributed by atoms with Gasteiger partial charge in [-0.2, -0.15) is 0 Å². The van der Waals surface area contributed by atoms with Crippen LogP contribution in [0.1, 0.15) is 0 Å². The highest BCUT2D eigenvalue weighted by molar-refractivity contribution is 6.41. The lowest BCUT2D eigenvalue weighted by Crippen LogP contribution is -1.84. The molecular weight excluding hydrogens is 276 g/mol. The topological polar surface area (TPSA) is 0 Å². The molecule has 0 aliphatic heterocycles. The smallest absolute Gasteiger partial charge is 0.0569 e. The molecule has 0 saturated heterocycles. The summed E-state index contributed by atoms with van der Waals surface area (Å²) in [4.78, 5) is 0. The molecule has 0 heterocycles. The van der Waals surface area contributed by atoms with Gasteiger partial charge in [0.05, 0.1) is 5.02 Å². The van der Waals surface area contributed by atoms with E-state index in [1.54, 1.807) is 0 Å². The van der Waals surface area contributed by atoms with E-state index in [4.69, 9.17) is 11.6 Å². The van der Waals surface area contributed by atoms with Crippen LogP contribution in [0.3, 0.4) is 0 Å². The zero-order valence-corrected chi connectivity index (χ0v) is 12.1. The van der Waals surface area contributed by atoms with Gasteiger partial charge in [0.1, 0.15) is 0 Å². The molecule has 0 amide bonds. The molecule has 100 valence electrons. The van der Waals surface area contributed by atoms with Crippen LogP contribution in [0.2, 0.25) is 5.02 Å². The Balaban J connectivity index is 2.16. The summed E-state index contributed by atoms with van der Waals surface area (Å²) in [6.45, 7) is 0. The molecule has 0 aliphatic rings. The third-order valence-corrected chi connectivity index (χ3v) is 4.30. The first-order valence-electron chi connectivity index (χ1n) is 7.00. The summed E-state index contributed by atoms with van der Waals surface area (Å²) in [6, 6.07) is 27.2. The van der Waals surface area contributed by atoms with Gasteiger partial charge in [0.2, 0.25) is 0 Å². The molecule has 4 aromatic rings. The van der Waals surface area contributed by atoms with Gasteiger partial charge in [-0.05, 0) is 28.0 Å². The second-order valence-corrected chi connectivity index (χ2v) is 5.56. The van der Waals surface area contributed by atoms with E-state index in [0.717, 1.165) is 15.8 Å². The Labute approximate surface area is 128 Å². The second-order valence-electron chi connectivity index (χ2n) is 5.18. The summed E-state index contributed by atoms with van der Waals surface area (Å²) >= 11 is 6.73. The monoisotopic (exact) mass is 288 g/mol. The summed E-state index contributed by atoms with van der Waals surface area (Å²) in [7, 11) is 0. The van der Waals surface area contributed by atoms with Gasteiger partial charge < -0.3 is 0 Å². The van der Waals surface area contributed by atoms with Gasteiger partial charge in [0.25, 0.3) is 0 Å². The van der Waals surface area contributed by atoms with Crippen LogP contribution < -0.4 is 0 Å². The average Bonchev–Trinajstić information content (AvgIpc) is 2.55. The summed E-state index contributed by atoms with van der Waals surface area (Å²) < 4.78 is 0. The first kappa shape index (κ1) is 12.4. The molecular formula is C20H13Cl. The van der Waals surface area contributed by atoms with E-state index in [1.165, 1.54) is 21.9 Å². The maximum Gasteiger partial charge on any atom is 0.0569 e. The Hall–Kier alpha value is -2.31. The Morgan fingerprint density at radius 3 is 2.19 bits per heavy atom. The molecule has 0 aliphatic carbocycles. The number of fused-ring (bicyclic) bond motifs is 2. The minimum atomic E-state index is 0.836. The lowest BCUT2D eigenvalue weighted by Gasteiger charge is -2.11. The number of rotatable bonds is 1. The van der Waals surface area contributed by atoms with Crippen molar-refractivity contribution in [2.24, 2.45) is 0 Å². The van der Waals surface area contributed by atoms with E-state index in [-0.39, 0.29) is 0 Å². The molecule has 0 aromatic heterocycles. The summed E-state index contributed by atoms with van der Waals surface area (Å²) in [6.07, 6.45) is 0. The largest absolute Gasteiger partial charge is 0.0830 e. The van der Waals surface area contributed by atoms with Gasteiger partial charge in [0.15, 0.2) is 0 Å². The normalized spacial score (nSPS) is 11.1. The molecule has 0 saturated carbocycles. The first-order valence-corrected chi connectivity index (χ1v) is 7.38. The zero-order chi connectivity index (χ0) is 14.2. The third kappa shape index (κ3) is 2.00. The highest BCUT2D eigenvalue weighted by atomic mass is 35.5. The first-order chi connectivity index (χ1) is 10.3. The molecule has 1 heteroatoms. The molecule has 0 atom stereocenters. The third-order valence-electron chi connectivity index (χ3n) is 3.91. The molecule has 21 heavy (non-hydrogen) atoms. The summed E-state index contributed by atoms with van der Waals surface area (Å²) in [5.74, 6) is 0. The van der Waals surface area contributed by atoms with Gasteiger partial charge in [-0.1, -0.05) is 84.4 Å². The molecule has 0 unspecified atom stereocenters. The predicted octanol–water partition coefficient (Wildman–Crippen LogP) is 6.31. The predicted molar refractivity (Wildman–Crippen MR) is 91.9 cm³/mol. The van der Waals surface area contributed by atoms with Gasteiger partial charge in [-0.3, -0.25) is 0 Å². The van der Waals surface area contributed by atoms with Crippen molar-refractivity contribution in [3.05, 3.63) is 83.9 Å². The Morgan fingerprint density at radius 2 is 1.33 bits per heavy atom. The maximum absolute atomic E-state index is 6.73. The SMILES string of the molecule is Clc1c2ccccc2cc2cccc(-c3ccccc3)c12. The van der Waals surface area contributed by atoms with E-state index in [1.807, 2.05) is 18.2 Å². The van der Waals surface area contributed by atoms with Crippen molar-refractivity contribution in [2.75, 3.05) is 0 Å². The number of hydrogen-bond donors (Lipinski definition) is 0. The Morgan fingerprint density at radius 1 is 0.619 bits per heavy atom. The molecule has 0 N–H and O–H groups in total. The van der Waals surface area contributed by atoms with Crippen LogP contribution in [0.25, 0.3) is 32.7 Å². The fourth-order valence-corrected chi connectivity index (χ4v) is 3.30. The lowest BCUT2D eigenvalue weighted by atomic mass is 9.95. The van der Waals surface area contributed by atoms with Crippen LogP contribution in [0, 0.1) is 0 Å². The van der Waals surface area contributed by atoms with Gasteiger partial charge in [-0.25, -0.2) is 0 Å². The second kappa shape index (κ2) is 4.91. The number of halogens is 1. The van der Waals surface area contributed by atoms with Crippen LogP contribution in [0.15, 0.2) is 78.9 Å². The molecule has 0 nitrogen and oxygen atoms in total. The molecule has 0 bridgehead atoms. The van der Waals surface area contributed by atoms with Crippen LogP contribution in [-0.4, -0.2) is 0 Å². The van der Waals surface area contributed by atoms with Crippen molar-refractivity contribution in [3.8, 4) is 11.1 Å². The van der Waals surface area contributed by atoms with Crippen LogP contribution >= 0.6 is 11.6 Å². The van der Waals surface area contributed by atoms with Crippen LogP contribution in [0.4, 0.5) is 0 Å². The molecule has 0 spiro atoms. The van der Waals surface area contributed by atoms with E-state index in [0.29, 0.717) is 0 Å². The lowest BCUT2D eigenvalue weighted by molar-refractivity contribution is 1.66. The standard InChI is InChI=1S/C20H13Cl/c21-20-18-11-5-4-9-15(18)13-16-10-6-12-17(19(16)20)14-7-2-1-3-8-14/h1-13H. The average molecular weight is 289 g/mol. The van der Waals surface area contributed by atoms with Crippen LogP contribution in [-0.2, 0) is 0 Å². The number of hydrogen-bond acceptors (Lipinski definition) is 0. The minimum Gasteiger partial charge on any atom is -0.0830 e.